The van der Waals surface area contributed by atoms with E-state index < -0.39 is 11.6 Å². The average molecular weight is 200 g/mol. The maximum absolute atomic E-state index is 11.0. The summed E-state index contributed by atoms with van der Waals surface area (Å²) in [6.07, 6.45) is 1.94. The standard InChI is InChI=1S/C11H20O3/c1-7(2)8-4-5-11(3,14)6-9(8)10(12)13/h7-9,14H,4-6H2,1-3H3,(H,12,13). The zero-order chi connectivity index (χ0) is 10.9. The van der Waals surface area contributed by atoms with Gasteiger partial charge in [-0.1, -0.05) is 13.8 Å². The first-order chi connectivity index (χ1) is 6.33. The van der Waals surface area contributed by atoms with Gasteiger partial charge in [0.25, 0.3) is 0 Å². The Kier molecular flexibility index (Phi) is 3.20. The minimum atomic E-state index is -0.783. The van der Waals surface area contributed by atoms with Crippen molar-refractivity contribution < 1.29 is 15.0 Å². The Balaban J connectivity index is 2.76. The van der Waals surface area contributed by atoms with Gasteiger partial charge in [0.2, 0.25) is 0 Å². The molecule has 0 radical (unpaired) electrons. The molecule has 3 unspecified atom stereocenters. The normalized spacial score (nSPS) is 38.6. The Morgan fingerprint density at radius 3 is 2.50 bits per heavy atom. The third kappa shape index (κ3) is 2.47. The van der Waals surface area contributed by atoms with E-state index in [9.17, 15) is 9.90 Å². The molecule has 3 atom stereocenters. The summed E-state index contributed by atoms with van der Waals surface area (Å²) in [4.78, 5) is 11.0. The Labute approximate surface area is 85.1 Å². The molecule has 2 N–H and O–H groups in total. The quantitative estimate of drug-likeness (QED) is 0.715. The van der Waals surface area contributed by atoms with Gasteiger partial charge >= 0.3 is 5.97 Å². The molecule has 1 fully saturated rings. The molecule has 3 heteroatoms. The molecular formula is C11H20O3. The van der Waals surface area contributed by atoms with Gasteiger partial charge in [-0.05, 0) is 38.0 Å². The van der Waals surface area contributed by atoms with Crippen LogP contribution in [0.1, 0.15) is 40.0 Å². The van der Waals surface area contributed by atoms with Crippen LogP contribution in [0.2, 0.25) is 0 Å². The van der Waals surface area contributed by atoms with Gasteiger partial charge in [0.1, 0.15) is 0 Å². The first kappa shape index (κ1) is 11.5. The topological polar surface area (TPSA) is 57.5 Å². The van der Waals surface area contributed by atoms with Gasteiger partial charge in [-0.15, -0.1) is 0 Å². The van der Waals surface area contributed by atoms with E-state index in [1.165, 1.54) is 0 Å². The lowest BCUT2D eigenvalue weighted by atomic mass is 9.68. The zero-order valence-electron chi connectivity index (χ0n) is 9.16. The van der Waals surface area contributed by atoms with Crippen molar-refractivity contribution in [2.45, 2.75) is 45.6 Å². The maximum Gasteiger partial charge on any atom is 0.306 e. The van der Waals surface area contributed by atoms with E-state index in [1.54, 1.807) is 6.92 Å². The number of carbonyl (C=O) groups is 1. The SMILES string of the molecule is CC(C)C1CCC(C)(O)CC1C(=O)O. The monoisotopic (exact) mass is 200 g/mol. The van der Waals surface area contributed by atoms with Crippen LogP contribution < -0.4 is 0 Å². The smallest absolute Gasteiger partial charge is 0.306 e. The van der Waals surface area contributed by atoms with Crippen LogP contribution in [0.5, 0.6) is 0 Å². The van der Waals surface area contributed by atoms with Gasteiger partial charge in [-0.3, -0.25) is 4.79 Å². The first-order valence-corrected chi connectivity index (χ1v) is 5.28. The van der Waals surface area contributed by atoms with Crippen molar-refractivity contribution in [2.24, 2.45) is 17.8 Å². The Morgan fingerprint density at radius 2 is 2.07 bits per heavy atom. The Hall–Kier alpha value is -0.570. The molecule has 0 amide bonds. The molecule has 1 aliphatic rings. The predicted octanol–water partition coefficient (Wildman–Crippen LogP) is 1.89. The van der Waals surface area contributed by atoms with Crippen LogP contribution in [-0.2, 0) is 4.79 Å². The second-order valence-corrected chi connectivity index (χ2v) is 5.09. The highest BCUT2D eigenvalue weighted by molar-refractivity contribution is 5.70. The lowest BCUT2D eigenvalue weighted by Crippen LogP contribution is -2.41. The molecule has 0 aliphatic heterocycles. The Bertz CT molecular complexity index is 221. The molecule has 0 aromatic rings. The summed E-state index contributed by atoms with van der Waals surface area (Å²) >= 11 is 0. The number of rotatable bonds is 2. The molecule has 0 aromatic heterocycles. The van der Waals surface area contributed by atoms with E-state index in [1.807, 2.05) is 0 Å². The van der Waals surface area contributed by atoms with E-state index in [0.717, 1.165) is 12.8 Å². The fourth-order valence-corrected chi connectivity index (χ4v) is 2.47. The molecule has 82 valence electrons. The van der Waals surface area contributed by atoms with Crippen molar-refractivity contribution in [3.63, 3.8) is 0 Å². The number of aliphatic carboxylic acids is 1. The van der Waals surface area contributed by atoms with Gasteiger partial charge in [0.15, 0.2) is 0 Å². The fourth-order valence-electron chi connectivity index (χ4n) is 2.47. The summed E-state index contributed by atoms with van der Waals surface area (Å²) in [5, 5.41) is 18.9. The number of aliphatic hydroxyl groups is 1. The molecule has 1 saturated carbocycles. The van der Waals surface area contributed by atoms with Gasteiger partial charge in [-0.2, -0.15) is 0 Å². The summed E-state index contributed by atoms with van der Waals surface area (Å²) in [5.74, 6) is -0.539. The van der Waals surface area contributed by atoms with Crippen LogP contribution in [0, 0.1) is 17.8 Å². The van der Waals surface area contributed by atoms with E-state index in [-0.39, 0.29) is 11.8 Å². The molecule has 0 heterocycles. The minimum absolute atomic E-state index is 0.215. The molecule has 0 bridgehead atoms. The molecule has 1 aliphatic carbocycles. The van der Waals surface area contributed by atoms with E-state index in [4.69, 9.17) is 5.11 Å². The Morgan fingerprint density at radius 1 is 1.50 bits per heavy atom. The molecule has 0 spiro atoms. The number of hydrogen-bond donors (Lipinski definition) is 2. The molecule has 0 saturated heterocycles. The predicted molar refractivity (Wildman–Crippen MR) is 53.9 cm³/mol. The van der Waals surface area contributed by atoms with Crippen molar-refractivity contribution in [2.75, 3.05) is 0 Å². The largest absolute Gasteiger partial charge is 0.481 e. The summed E-state index contributed by atoms with van der Waals surface area (Å²) in [6, 6.07) is 0. The second kappa shape index (κ2) is 3.89. The van der Waals surface area contributed by atoms with E-state index in [0.29, 0.717) is 12.3 Å². The highest BCUT2D eigenvalue weighted by atomic mass is 16.4. The number of carboxylic acid groups (broad SMARTS) is 1. The first-order valence-electron chi connectivity index (χ1n) is 5.28. The third-order valence-electron chi connectivity index (χ3n) is 3.37. The zero-order valence-corrected chi connectivity index (χ0v) is 9.16. The van der Waals surface area contributed by atoms with Crippen molar-refractivity contribution in [1.29, 1.82) is 0 Å². The maximum atomic E-state index is 11.0. The van der Waals surface area contributed by atoms with Gasteiger partial charge in [0, 0.05) is 0 Å². The third-order valence-corrected chi connectivity index (χ3v) is 3.37. The van der Waals surface area contributed by atoms with Gasteiger partial charge in [0.05, 0.1) is 11.5 Å². The number of carboxylic acids is 1. The van der Waals surface area contributed by atoms with Gasteiger partial charge < -0.3 is 10.2 Å². The minimum Gasteiger partial charge on any atom is -0.481 e. The highest BCUT2D eigenvalue weighted by Gasteiger charge is 2.41. The van der Waals surface area contributed by atoms with Crippen LogP contribution in [0.4, 0.5) is 0 Å². The molecule has 1 rings (SSSR count). The van der Waals surface area contributed by atoms with Crippen LogP contribution in [0.15, 0.2) is 0 Å². The summed E-state index contributed by atoms with van der Waals surface area (Å²) < 4.78 is 0. The van der Waals surface area contributed by atoms with E-state index in [2.05, 4.69) is 13.8 Å². The van der Waals surface area contributed by atoms with E-state index >= 15 is 0 Å². The second-order valence-electron chi connectivity index (χ2n) is 5.09. The van der Waals surface area contributed by atoms with Crippen molar-refractivity contribution in [3.8, 4) is 0 Å². The molecule has 3 nitrogen and oxygen atoms in total. The van der Waals surface area contributed by atoms with Crippen LogP contribution in [0.25, 0.3) is 0 Å². The highest BCUT2D eigenvalue weighted by Crippen LogP contribution is 2.40. The van der Waals surface area contributed by atoms with Crippen LogP contribution >= 0.6 is 0 Å². The van der Waals surface area contributed by atoms with Crippen LogP contribution in [0.3, 0.4) is 0 Å². The summed E-state index contributed by atoms with van der Waals surface area (Å²) in [5.41, 5.74) is -0.783. The lowest BCUT2D eigenvalue weighted by molar-refractivity contribution is -0.150. The number of hydrogen-bond acceptors (Lipinski definition) is 2. The van der Waals surface area contributed by atoms with Gasteiger partial charge in [-0.25, -0.2) is 0 Å². The molecule has 14 heavy (non-hydrogen) atoms. The molecule has 0 aromatic carbocycles. The van der Waals surface area contributed by atoms with Crippen molar-refractivity contribution in [3.05, 3.63) is 0 Å². The van der Waals surface area contributed by atoms with Crippen molar-refractivity contribution in [1.82, 2.24) is 0 Å². The average Bonchev–Trinajstić information content (AvgIpc) is 2.01. The lowest BCUT2D eigenvalue weighted by Gasteiger charge is -2.39. The fraction of sp³-hybridized carbons (Fsp3) is 0.909. The summed E-state index contributed by atoms with van der Waals surface area (Å²) in [7, 11) is 0. The molecular weight excluding hydrogens is 180 g/mol. The van der Waals surface area contributed by atoms with Crippen molar-refractivity contribution >= 4 is 5.97 Å². The summed E-state index contributed by atoms with van der Waals surface area (Å²) in [6.45, 7) is 5.85. The van der Waals surface area contributed by atoms with Crippen LogP contribution in [-0.4, -0.2) is 21.8 Å².